The van der Waals surface area contributed by atoms with Gasteiger partial charge < -0.3 is 4.90 Å². The van der Waals surface area contributed by atoms with Gasteiger partial charge in [0.2, 0.25) is 0 Å². The van der Waals surface area contributed by atoms with Crippen LogP contribution >= 0.6 is 34.4 Å². The maximum absolute atomic E-state index is 13.4. The maximum Gasteiger partial charge on any atom is 0.260 e. The first-order valence-electron chi connectivity index (χ1n) is 8.79. The fourth-order valence-corrected chi connectivity index (χ4v) is 5.12. The van der Waals surface area contributed by atoms with Crippen LogP contribution in [0.3, 0.4) is 0 Å². The number of carbonyl (C=O) groups excluding carboxylic acids is 1. The van der Waals surface area contributed by atoms with Crippen molar-refractivity contribution in [2.24, 2.45) is 0 Å². The number of carbonyl (C=O) groups is 1. The summed E-state index contributed by atoms with van der Waals surface area (Å²) in [6.07, 6.45) is 2.06. The van der Waals surface area contributed by atoms with E-state index in [9.17, 15) is 4.79 Å². The van der Waals surface area contributed by atoms with Crippen molar-refractivity contribution in [1.29, 1.82) is 0 Å². The van der Waals surface area contributed by atoms with Crippen molar-refractivity contribution < 1.29 is 4.79 Å². The van der Waals surface area contributed by atoms with Crippen LogP contribution in [0.15, 0.2) is 46.8 Å². The number of likely N-dealkylation sites (N-methyl/N-ethyl adjacent to an activating group) is 1. The standard InChI is InChI=1S/C20H20N4OS3/c1-23(2)8-9-24(19(25)13-4-6-15-17(10-13)27-12-21-15)20-22-16-7-5-14(26-3)11-18(16)28-20/h4-7,10-12H,8-9H2,1-3H3. The molecule has 0 atom stereocenters. The van der Waals surface area contributed by atoms with Crippen LogP contribution in [0, 0.1) is 0 Å². The van der Waals surface area contributed by atoms with Crippen molar-refractivity contribution in [1.82, 2.24) is 14.9 Å². The monoisotopic (exact) mass is 428 g/mol. The third-order valence-corrected chi connectivity index (χ3v) is 6.97. The van der Waals surface area contributed by atoms with Crippen molar-refractivity contribution in [2.45, 2.75) is 4.90 Å². The lowest BCUT2D eigenvalue weighted by molar-refractivity contribution is 0.0985. The van der Waals surface area contributed by atoms with Gasteiger partial charge in [-0.25, -0.2) is 9.97 Å². The summed E-state index contributed by atoms with van der Waals surface area (Å²) < 4.78 is 2.12. The molecule has 2 aromatic carbocycles. The van der Waals surface area contributed by atoms with Gasteiger partial charge in [0.25, 0.3) is 5.91 Å². The van der Waals surface area contributed by atoms with E-state index in [2.05, 4.69) is 28.3 Å². The quantitative estimate of drug-likeness (QED) is 0.412. The summed E-state index contributed by atoms with van der Waals surface area (Å²) in [6, 6.07) is 11.9. The van der Waals surface area contributed by atoms with E-state index in [1.807, 2.05) is 38.4 Å². The summed E-state index contributed by atoms with van der Waals surface area (Å²) in [7, 11) is 4.02. The minimum atomic E-state index is -0.0266. The first-order chi connectivity index (χ1) is 13.5. The topological polar surface area (TPSA) is 49.3 Å². The number of amides is 1. The number of hydrogen-bond acceptors (Lipinski definition) is 7. The predicted molar refractivity (Wildman–Crippen MR) is 121 cm³/mol. The number of anilines is 1. The van der Waals surface area contributed by atoms with Gasteiger partial charge in [-0.05, 0) is 56.7 Å². The zero-order chi connectivity index (χ0) is 19.7. The van der Waals surface area contributed by atoms with E-state index in [0.717, 1.165) is 32.1 Å². The summed E-state index contributed by atoms with van der Waals surface area (Å²) in [4.78, 5) is 27.5. The Balaban J connectivity index is 1.72. The molecule has 0 saturated heterocycles. The Labute approximate surface area is 176 Å². The van der Waals surface area contributed by atoms with Crippen molar-refractivity contribution in [3.8, 4) is 0 Å². The van der Waals surface area contributed by atoms with Gasteiger partial charge in [-0.15, -0.1) is 23.1 Å². The highest BCUT2D eigenvalue weighted by molar-refractivity contribution is 7.98. The van der Waals surface area contributed by atoms with Gasteiger partial charge in [0.1, 0.15) is 0 Å². The highest BCUT2D eigenvalue weighted by atomic mass is 32.2. The molecule has 2 heterocycles. The van der Waals surface area contributed by atoms with Gasteiger partial charge in [0.15, 0.2) is 5.13 Å². The zero-order valence-electron chi connectivity index (χ0n) is 15.9. The molecule has 0 fully saturated rings. The van der Waals surface area contributed by atoms with E-state index in [1.54, 1.807) is 44.8 Å². The Hall–Kier alpha value is -2.00. The fraction of sp³-hybridized carbons (Fsp3) is 0.250. The second kappa shape index (κ2) is 8.16. The summed E-state index contributed by atoms with van der Waals surface area (Å²) in [5.74, 6) is -0.0266. The molecule has 0 aliphatic carbocycles. The maximum atomic E-state index is 13.4. The van der Waals surface area contributed by atoms with E-state index in [-0.39, 0.29) is 5.91 Å². The number of nitrogens with zero attached hydrogens (tertiary/aromatic N) is 4. The van der Waals surface area contributed by atoms with Gasteiger partial charge in [0, 0.05) is 23.5 Å². The van der Waals surface area contributed by atoms with Crippen LogP contribution in [0.5, 0.6) is 0 Å². The molecule has 0 saturated carbocycles. The average molecular weight is 429 g/mol. The summed E-state index contributed by atoms with van der Waals surface area (Å²) >= 11 is 4.82. The molecular weight excluding hydrogens is 408 g/mol. The molecule has 28 heavy (non-hydrogen) atoms. The second-order valence-corrected chi connectivity index (χ2v) is 9.40. The molecule has 1 amide bonds. The van der Waals surface area contributed by atoms with Crippen LogP contribution in [0.2, 0.25) is 0 Å². The van der Waals surface area contributed by atoms with Crippen molar-refractivity contribution >= 4 is 65.9 Å². The molecule has 0 aliphatic rings. The number of thioether (sulfide) groups is 1. The van der Waals surface area contributed by atoms with Crippen molar-refractivity contribution in [2.75, 3.05) is 38.3 Å². The molecule has 0 unspecified atom stereocenters. The predicted octanol–water partition coefficient (Wildman–Crippen LogP) is 4.84. The molecular formula is C20H20N4OS3. The van der Waals surface area contributed by atoms with E-state index < -0.39 is 0 Å². The van der Waals surface area contributed by atoms with Gasteiger partial charge >= 0.3 is 0 Å². The number of hydrogen-bond donors (Lipinski definition) is 0. The summed E-state index contributed by atoms with van der Waals surface area (Å²) in [5.41, 5.74) is 4.32. The number of aromatic nitrogens is 2. The Morgan fingerprint density at radius 3 is 2.68 bits per heavy atom. The molecule has 0 bridgehead atoms. The SMILES string of the molecule is CSc1ccc2nc(N(CCN(C)C)C(=O)c3ccc4ncsc4c3)sc2c1. The summed E-state index contributed by atoms with van der Waals surface area (Å²) in [5, 5.41) is 0.740. The van der Waals surface area contributed by atoms with Gasteiger partial charge in [0.05, 0.1) is 25.9 Å². The number of thiazole rings is 2. The van der Waals surface area contributed by atoms with Crippen LogP contribution in [0.25, 0.3) is 20.4 Å². The molecule has 4 rings (SSSR count). The van der Waals surface area contributed by atoms with E-state index in [1.165, 1.54) is 4.90 Å². The van der Waals surface area contributed by atoms with Crippen molar-refractivity contribution in [3.05, 3.63) is 47.5 Å². The lowest BCUT2D eigenvalue weighted by Gasteiger charge is -2.22. The lowest BCUT2D eigenvalue weighted by Crippen LogP contribution is -2.36. The smallest absolute Gasteiger partial charge is 0.260 e. The zero-order valence-corrected chi connectivity index (χ0v) is 18.3. The van der Waals surface area contributed by atoms with Crippen LogP contribution in [-0.4, -0.2) is 54.2 Å². The second-order valence-electron chi connectivity index (χ2n) is 6.63. The molecule has 0 aliphatic heterocycles. The molecule has 5 nitrogen and oxygen atoms in total. The molecule has 144 valence electrons. The Kier molecular flexibility index (Phi) is 5.63. The highest BCUT2D eigenvalue weighted by Crippen LogP contribution is 2.32. The van der Waals surface area contributed by atoms with Crippen molar-refractivity contribution in [3.63, 3.8) is 0 Å². The third kappa shape index (κ3) is 3.91. The Morgan fingerprint density at radius 2 is 1.89 bits per heavy atom. The summed E-state index contributed by atoms with van der Waals surface area (Å²) in [6.45, 7) is 1.35. The highest BCUT2D eigenvalue weighted by Gasteiger charge is 2.22. The Morgan fingerprint density at radius 1 is 1.07 bits per heavy atom. The van der Waals surface area contributed by atoms with Gasteiger partial charge in [-0.2, -0.15) is 0 Å². The van der Waals surface area contributed by atoms with Gasteiger partial charge in [-0.3, -0.25) is 9.69 Å². The molecule has 0 radical (unpaired) electrons. The molecule has 2 aromatic heterocycles. The average Bonchev–Trinajstić information content (AvgIpc) is 3.32. The van der Waals surface area contributed by atoms with E-state index in [4.69, 9.17) is 4.98 Å². The van der Waals surface area contributed by atoms with Crippen LogP contribution in [0.1, 0.15) is 10.4 Å². The lowest BCUT2D eigenvalue weighted by atomic mass is 10.2. The van der Waals surface area contributed by atoms with E-state index in [0.29, 0.717) is 12.1 Å². The Bertz CT molecular complexity index is 1130. The molecule has 8 heteroatoms. The minimum absolute atomic E-state index is 0.0266. The van der Waals surface area contributed by atoms with Crippen LogP contribution in [0.4, 0.5) is 5.13 Å². The largest absolute Gasteiger partial charge is 0.308 e. The minimum Gasteiger partial charge on any atom is -0.308 e. The van der Waals surface area contributed by atoms with Crippen LogP contribution < -0.4 is 4.90 Å². The first-order valence-corrected chi connectivity index (χ1v) is 11.7. The molecule has 0 spiro atoms. The number of rotatable bonds is 6. The van der Waals surface area contributed by atoms with Crippen LogP contribution in [-0.2, 0) is 0 Å². The number of fused-ring (bicyclic) bond motifs is 2. The normalized spacial score (nSPS) is 11.6. The molecule has 4 aromatic rings. The van der Waals surface area contributed by atoms with E-state index >= 15 is 0 Å². The molecule has 0 N–H and O–H groups in total. The first kappa shape index (κ1) is 19.3. The van der Waals surface area contributed by atoms with Gasteiger partial charge in [-0.1, -0.05) is 11.3 Å². The third-order valence-electron chi connectivity index (χ3n) is 4.41. The fourth-order valence-electron chi connectivity index (χ4n) is 2.86. The number of benzene rings is 2.